The van der Waals surface area contributed by atoms with Gasteiger partial charge in [-0.15, -0.1) is 0 Å². The lowest BCUT2D eigenvalue weighted by Gasteiger charge is -2.39. The zero-order chi connectivity index (χ0) is 14.6. The summed E-state index contributed by atoms with van der Waals surface area (Å²) >= 11 is 0. The van der Waals surface area contributed by atoms with Crippen LogP contribution in [0.1, 0.15) is 25.7 Å². The first-order chi connectivity index (χ1) is 9.51. The smallest absolute Gasteiger partial charge is 0.329 e. The fourth-order valence-corrected chi connectivity index (χ4v) is 2.68. The zero-order valence-corrected chi connectivity index (χ0v) is 11.5. The molecule has 0 saturated carbocycles. The van der Waals surface area contributed by atoms with E-state index < -0.39 is 11.5 Å². The molecule has 20 heavy (non-hydrogen) atoms. The summed E-state index contributed by atoms with van der Waals surface area (Å²) < 4.78 is 10.5. The van der Waals surface area contributed by atoms with Crippen molar-refractivity contribution >= 4 is 11.9 Å². The van der Waals surface area contributed by atoms with Crippen LogP contribution in [0, 0.1) is 0 Å². The number of likely N-dealkylation sites (tertiary alicyclic amines) is 1. The summed E-state index contributed by atoms with van der Waals surface area (Å²) in [6, 6.07) is 0. The molecule has 2 heterocycles. The van der Waals surface area contributed by atoms with Gasteiger partial charge in [-0.1, -0.05) is 0 Å². The van der Waals surface area contributed by atoms with Crippen molar-refractivity contribution in [2.24, 2.45) is 5.73 Å². The van der Waals surface area contributed by atoms with Gasteiger partial charge in [-0.05, 0) is 25.7 Å². The highest BCUT2D eigenvalue weighted by Gasteiger charge is 2.39. The molecular weight excluding hydrogens is 264 g/mol. The Balaban J connectivity index is 1.81. The van der Waals surface area contributed by atoms with Crippen LogP contribution in [0.15, 0.2) is 0 Å². The second-order valence-corrected chi connectivity index (χ2v) is 5.46. The number of carboxylic acids is 1. The molecule has 114 valence electrons. The SMILES string of the molecule is NC1(C(=O)N2CCC(OCC(=O)O)CC2)CCOCC1. The van der Waals surface area contributed by atoms with Gasteiger partial charge < -0.3 is 25.2 Å². The summed E-state index contributed by atoms with van der Waals surface area (Å²) in [6.45, 7) is 1.92. The van der Waals surface area contributed by atoms with Gasteiger partial charge in [0.05, 0.1) is 11.6 Å². The normalized spacial score (nSPS) is 23.6. The van der Waals surface area contributed by atoms with Crippen LogP contribution in [-0.4, -0.2) is 66.4 Å². The van der Waals surface area contributed by atoms with E-state index in [4.69, 9.17) is 20.3 Å². The molecule has 0 bridgehead atoms. The van der Waals surface area contributed by atoms with Crippen molar-refractivity contribution in [1.29, 1.82) is 0 Å². The zero-order valence-electron chi connectivity index (χ0n) is 11.5. The van der Waals surface area contributed by atoms with E-state index in [1.165, 1.54) is 0 Å². The number of carboxylic acid groups (broad SMARTS) is 1. The first kappa shape index (κ1) is 15.2. The molecule has 0 radical (unpaired) electrons. The molecule has 0 aromatic heterocycles. The summed E-state index contributed by atoms with van der Waals surface area (Å²) in [4.78, 5) is 24.7. The van der Waals surface area contributed by atoms with Crippen molar-refractivity contribution in [3.63, 3.8) is 0 Å². The van der Waals surface area contributed by atoms with Gasteiger partial charge >= 0.3 is 5.97 Å². The molecule has 0 spiro atoms. The van der Waals surface area contributed by atoms with Crippen LogP contribution in [-0.2, 0) is 19.1 Å². The Labute approximate surface area is 118 Å². The molecular formula is C13H22N2O5. The third-order valence-corrected chi connectivity index (χ3v) is 3.98. The van der Waals surface area contributed by atoms with Gasteiger partial charge in [0.2, 0.25) is 5.91 Å². The lowest BCUT2D eigenvalue weighted by atomic mass is 9.89. The summed E-state index contributed by atoms with van der Waals surface area (Å²) in [5, 5.41) is 8.57. The van der Waals surface area contributed by atoms with Gasteiger partial charge in [-0.25, -0.2) is 4.79 Å². The molecule has 2 saturated heterocycles. The highest BCUT2D eigenvalue weighted by Crippen LogP contribution is 2.23. The topological polar surface area (TPSA) is 102 Å². The number of nitrogens with zero attached hydrogens (tertiary/aromatic N) is 1. The summed E-state index contributed by atoms with van der Waals surface area (Å²) in [7, 11) is 0. The minimum Gasteiger partial charge on any atom is -0.480 e. The van der Waals surface area contributed by atoms with E-state index in [2.05, 4.69) is 0 Å². The summed E-state index contributed by atoms with van der Waals surface area (Å²) in [5.74, 6) is -0.982. The van der Waals surface area contributed by atoms with Crippen LogP contribution in [0.5, 0.6) is 0 Å². The molecule has 2 aliphatic heterocycles. The average Bonchev–Trinajstić information content (AvgIpc) is 2.45. The average molecular weight is 286 g/mol. The molecule has 0 aromatic carbocycles. The van der Waals surface area contributed by atoms with Crippen LogP contribution in [0.2, 0.25) is 0 Å². The molecule has 0 aromatic rings. The Morgan fingerprint density at radius 3 is 2.45 bits per heavy atom. The fourth-order valence-electron chi connectivity index (χ4n) is 2.68. The van der Waals surface area contributed by atoms with Gasteiger partial charge in [0, 0.05) is 26.3 Å². The Hall–Kier alpha value is -1.18. The summed E-state index contributed by atoms with van der Waals surface area (Å²) in [6.07, 6.45) is 2.35. The highest BCUT2D eigenvalue weighted by molar-refractivity contribution is 5.86. The van der Waals surface area contributed by atoms with Gasteiger partial charge in [0.15, 0.2) is 0 Å². The Morgan fingerprint density at radius 1 is 1.30 bits per heavy atom. The quantitative estimate of drug-likeness (QED) is 0.728. The van der Waals surface area contributed by atoms with Crippen LogP contribution in [0.3, 0.4) is 0 Å². The second kappa shape index (κ2) is 6.51. The van der Waals surface area contributed by atoms with Gasteiger partial charge in [0.25, 0.3) is 0 Å². The number of ether oxygens (including phenoxy) is 2. The molecule has 3 N–H and O–H groups in total. The molecule has 7 nitrogen and oxygen atoms in total. The van der Waals surface area contributed by atoms with Gasteiger partial charge in [-0.2, -0.15) is 0 Å². The number of aliphatic carboxylic acids is 1. The monoisotopic (exact) mass is 286 g/mol. The highest BCUT2D eigenvalue weighted by atomic mass is 16.5. The number of nitrogens with two attached hydrogens (primary N) is 1. The Morgan fingerprint density at radius 2 is 1.90 bits per heavy atom. The molecule has 0 aliphatic carbocycles. The largest absolute Gasteiger partial charge is 0.480 e. The van der Waals surface area contributed by atoms with E-state index in [0.717, 1.165) is 0 Å². The van der Waals surface area contributed by atoms with Crippen molar-refractivity contribution < 1.29 is 24.2 Å². The van der Waals surface area contributed by atoms with Gasteiger partial charge in [-0.3, -0.25) is 4.79 Å². The molecule has 7 heteroatoms. The van der Waals surface area contributed by atoms with Gasteiger partial charge in [0.1, 0.15) is 6.61 Å². The van der Waals surface area contributed by atoms with Crippen molar-refractivity contribution in [2.75, 3.05) is 32.9 Å². The van der Waals surface area contributed by atoms with Crippen molar-refractivity contribution in [3.05, 3.63) is 0 Å². The first-order valence-electron chi connectivity index (χ1n) is 7.01. The third-order valence-electron chi connectivity index (χ3n) is 3.98. The minimum absolute atomic E-state index is 0.0162. The molecule has 2 aliphatic rings. The maximum absolute atomic E-state index is 12.5. The first-order valence-corrected chi connectivity index (χ1v) is 7.01. The second-order valence-electron chi connectivity index (χ2n) is 5.46. The van der Waals surface area contributed by atoms with E-state index in [0.29, 0.717) is 52.0 Å². The molecule has 2 rings (SSSR count). The lowest BCUT2D eigenvalue weighted by Crippen LogP contribution is -2.59. The predicted octanol–water partition coefficient (Wildman–Crippen LogP) is -0.413. The third kappa shape index (κ3) is 3.68. The Kier molecular flexibility index (Phi) is 4.95. The van der Waals surface area contributed by atoms with E-state index in [1.54, 1.807) is 4.90 Å². The number of amides is 1. The predicted molar refractivity (Wildman–Crippen MR) is 70.2 cm³/mol. The molecule has 0 atom stereocenters. The van der Waals surface area contributed by atoms with Crippen LogP contribution in [0.25, 0.3) is 0 Å². The maximum atomic E-state index is 12.5. The van der Waals surface area contributed by atoms with Crippen molar-refractivity contribution in [3.8, 4) is 0 Å². The summed E-state index contributed by atoms with van der Waals surface area (Å²) in [5.41, 5.74) is 5.39. The number of carbonyl (C=O) groups is 2. The van der Waals surface area contributed by atoms with Crippen LogP contribution < -0.4 is 5.73 Å². The Bertz CT molecular complexity index is 360. The van der Waals surface area contributed by atoms with E-state index in [1.807, 2.05) is 0 Å². The standard InChI is InChI=1S/C13H22N2O5/c14-13(3-7-19-8-4-13)12(18)15-5-1-10(2-6-15)20-9-11(16)17/h10H,1-9,14H2,(H,16,17). The van der Waals surface area contributed by atoms with Crippen molar-refractivity contribution in [2.45, 2.75) is 37.3 Å². The van der Waals surface area contributed by atoms with E-state index >= 15 is 0 Å². The maximum Gasteiger partial charge on any atom is 0.329 e. The van der Waals surface area contributed by atoms with Crippen LogP contribution >= 0.6 is 0 Å². The number of carbonyl (C=O) groups excluding carboxylic acids is 1. The molecule has 0 unspecified atom stereocenters. The number of rotatable bonds is 4. The lowest BCUT2D eigenvalue weighted by molar-refractivity contribution is -0.149. The van der Waals surface area contributed by atoms with Crippen LogP contribution in [0.4, 0.5) is 0 Å². The molecule has 2 fully saturated rings. The molecule has 1 amide bonds. The van der Waals surface area contributed by atoms with E-state index in [9.17, 15) is 9.59 Å². The number of hydrogen-bond donors (Lipinski definition) is 2. The van der Waals surface area contributed by atoms with E-state index in [-0.39, 0.29) is 18.6 Å². The minimum atomic E-state index is -0.966. The van der Waals surface area contributed by atoms with Crippen molar-refractivity contribution in [1.82, 2.24) is 4.90 Å². The number of hydrogen-bond acceptors (Lipinski definition) is 5. The fraction of sp³-hybridized carbons (Fsp3) is 0.846. The number of piperidine rings is 1.